The minimum atomic E-state index is -0.00787. The van der Waals surface area contributed by atoms with Crippen LogP contribution in [0.2, 0.25) is 0 Å². The van der Waals surface area contributed by atoms with E-state index in [0.717, 1.165) is 6.42 Å². The van der Waals surface area contributed by atoms with Crippen LogP contribution in [0.3, 0.4) is 0 Å². The van der Waals surface area contributed by atoms with Gasteiger partial charge in [-0.25, -0.2) is 0 Å². The predicted molar refractivity (Wildman–Crippen MR) is 49.0 cm³/mol. The van der Waals surface area contributed by atoms with Crippen molar-refractivity contribution in [3.63, 3.8) is 0 Å². The zero-order chi connectivity index (χ0) is 8.55. The Morgan fingerprint density at radius 2 is 2.00 bits per heavy atom. The predicted octanol–water partition coefficient (Wildman–Crippen LogP) is 1.24. The Balaban J connectivity index is 2.05. The molecule has 0 spiro atoms. The Hall–Kier alpha value is -0.0800. The van der Waals surface area contributed by atoms with Crippen molar-refractivity contribution in [1.82, 2.24) is 4.90 Å². The van der Waals surface area contributed by atoms with Gasteiger partial charge in [0.1, 0.15) is 0 Å². The lowest BCUT2D eigenvalue weighted by molar-refractivity contribution is -0.0169. The number of fused-ring (bicyclic) bond motifs is 1. The van der Waals surface area contributed by atoms with E-state index in [4.69, 9.17) is 0 Å². The Morgan fingerprint density at radius 1 is 1.17 bits per heavy atom. The molecule has 2 fully saturated rings. The first-order valence-electron chi connectivity index (χ1n) is 5.17. The molecule has 0 bridgehead atoms. The number of aliphatic hydroxyl groups excluding tert-OH is 1. The van der Waals surface area contributed by atoms with Gasteiger partial charge in [-0.05, 0) is 45.7 Å². The first kappa shape index (κ1) is 8.52. The van der Waals surface area contributed by atoms with Gasteiger partial charge in [0.15, 0.2) is 0 Å². The van der Waals surface area contributed by atoms with Crippen LogP contribution >= 0.6 is 0 Å². The fourth-order valence-electron chi connectivity index (χ4n) is 2.89. The molecule has 2 aliphatic rings. The fraction of sp³-hybridized carbons (Fsp3) is 1.00. The van der Waals surface area contributed by atoms with E-state index in [1.165, 1.54) is 32.2 Å². The number of hydrogen-bond donors (Lipinski definition) is 1. The molecule has 2 nitrogen and oxygen atoms in total. The number of rotatable bonds is 0. The molecule has 70 valence electrons. The van der Waals surface area contributed by atoms with Gasteiger partial charge in [0, 0.05) is 12.0 Å². The van der Waals surface area contributed by atoms with Gasteiger partial charge < -0.3 is 10.0 Å². The quantitative estimate of drug-likeness (QED) is 0.590. The molecule has 1 aliphatic carbocycles. The van der Waals surface area contributed by atoms with Gasteiger partial charge in [0.05, 0.1) is 6.10 Å². The Kier molecular flexibility index (Phi) is 2.37. The van der Waals surface area contributed by atoms with Crippen LogP contribution < -0.4 is 0 Å². The standard InChI is InChI=1S/C10H19NO/c1-11-7-3-4-8-9(11)5-2-6-10(8)12/h8-10,12H,2-7H2,1H3/t8-,9-,10+/m0/s1. The number of likely N-dealkylation sites (tertiary alicyclic amines) is 1. The van der Waals surface area contributed by atoms with Crippen LogP contribution in [0.15, 0.2) is 0 Å². The molecule has 12 heavy (non-hydrogen) atoms. The van der Waals surface area contributed by atoms with Crippen LogP contribution in [0, 0.1) is 5.92 Å². The molecule has 0 aromatic rings. The Morgan fingerprint density at radius 3 is 2.75 bits per heavy atom. The molecule has 0 aromatic carbocycles. The van der Waals surface area contributed by atoms with E-state index in [9.17, 15) is 5.11 Å². The van der Waals surface area contributed by atoms with E-state index in [2.05, 4.69) is 11.9 Å². The van der Waals surface area contributed by atoms with E-state index in [-0.39, 0.29) is 6.10 Å². The van der Waals surface area contributed by atoms with Gasteiger partial charge >= 0.3 is 0 Å². The van der Waals surface area contributed by atoms with Gasteiger partial charge in [0.25, 0.3) is 0 Å². The van der Waals surface area contributed by atoms with Crippen molar-refractivity contribution in [2.45, 2.75) is 44.2 Å². The summed E-state index contributed by atoms with van der Waals surface area (Å²) >= 11 is 0. The van der Waals surface area contributed by atoms with Crippen LogP contribution in [0.5, 0.6) is 0 Å². The van der Waals surface area contributed by atoms with Crippen LogP contribution in [-0.2, 0) is 0 Å². The molecule has 0 amide bonds. The molecule has 1 saturated heterocycles. The van der Waals surface area contributed by atoms with Crippen LogP contribution in [0.25, 0.3) is 0 Å². The molecule has 1 aliphatic heterocycles. The van der Waals surface area contributed by atoms with E-state index in [0.29, 0.717) is 12.0 Å². The smallest absolute Gasteiger partial charge is 0.0583 e. The summed E-state index contributed by atoms with van der Waals surface area (Å²) in [5.74, 6) is 0.581. The third-order valence-corrected chi connectivity index (χ3v) is 3.60. The van der Waals surface area contributed by atoms with E-state index in [1.54, 1.807) is 0 Å². The van der Waals surface area contributed by atoms with E-state index < -0.39 is 0 Å². The summed E-state index contributed by atoms with van der Waals surface area (Å²) in [4.78, 5) is 2.44. The summed E-state index contributed by atoms with van der Waals surface area (Å²) < 4.78 is 0. The summed E-state index contributed by atoms with van der Waals surface area (Å²) in [6.07, 6.45) is 6.07. The molecule has 0 aromatic heterocycles. The van der Waals surface area contributed by atoms with Crippen LogP contribution in [0.1, 0.15) is 32.1 Å². The third kappa shape index (κ3) is 1.38. The van der Waals surface area contributed by atoms with Crippen molar-refractivity contribution < 1.29 is 5.11 Å². The highest BCUT2D eigenvalue weighted by Crippen LogP contribution is 2.34. The highest BCUT2D eigenvalue weighted by Gasteiger charge is 2.36. The minimum Gasteiger partial charge on any atom is -0.393 e. The monoisotopic (exact) mass is 169 g/mol. The zero-order valence-electron chi connectivity index (χ0n) is 7.87. The normalized spacial score (nSPS) is 44.0. The summed E-state index contributed by atoms with van der Waals surface area (Å²) in [6, 6.07) is 0.683. The molecular weight excluding hydrogens is 150 g/mol. The molecule has 2 rings (SSSR count). The molecule has 2 heteroatoms. The number of nitrogens with zero attached hydrogens (tertiary/aromatic N) is 1. The molecule has 1 N–H and O–H groups in total. The average Bonchev–Trinajstić information content (AvgIpc) is 2.07. The maximum Gasteiger partial charge on any atom is 0.0583 e. The lowest BCUT2D eigenvalue weighted by atomic mass is 9.76. The van der Waals surface area contributed by atoms with Gasteiger partial charge in [-0.2, -0.15) is 0 Å². The van der Waals surface area contributed by atoms with Crippen molar-refractivity contribution >= 4 is 0 Å². The minimum absolute atomic E-state index is 0.00787. The number of aliphatic hydroxyl groups is 1. The van der Waals surface area contributed by atoms with E-state index in [1.807, 2.05) is 0 Å². The Bertz CT molecular complexity index is 142. The SMILES string of the molecule is CN1CCC[C@@H]2[C@H](O)CCC[C@@H]21. The summed E-state index contributed by atoms with van der Waals surface area (Å²) in [6.45, 7) is 1.23. The van der Waals surface area contributed by atoms with Gasteiger partial charge in [-0.3, -0.25) is 0 Å². The maximum atomic E-state index is 9.80. The molecule has 1 saturated carbocycles. The van der Waals surface area contributed by atoms with Gasteiger partial charge in [-0.1, -0.05) is 0 Å². The second kappa shape index (κ2) is 3.35. The highest BCUT2D eigenvalue weighted by atomic mass is 16.3. The second-order valence-corrected chi connectivity index (χ2v) is 4.35. The first-order valence-corrected chi connectivity index (χ1v) is 5.17. The molecule has 0 radical (unpaired) electrons. The fourth-order valence-corrected chi connectivity index (χ4v) is 2.89. The molecule has 0 unspecified atom stereocenters. The largest absolute Gasteiger partial charge is 0.393 e. The number of piperidine rings is 1. The summed E-state index contributed by atoms with van der Waals surface area (Å²) in [5.41, 5.74) is 0. The highest BCUT2D eigenvalue weighted by molar-refractivity contribution is 4.90. The van der Waals surface area contributed by atoms with Crippen molar-refractivity contribution in [3.05, 3.63) is 0 Å². The third-order valence-electron chi connectivity index (χ3n) is 3.60. The number of hydrogen-bond acceptors (Lipinski definition) is 2. The topological polar surface area (TPSA) is 23.5 Å². The lowest BCUT2D eigenvalue weighted by Crippen LogP contribution is -2.49. The summed E-state index contributed by atoms with van der Waals surface area (Å²) in [7, 11) is 2.20. The van der Waals surface area contributed by atoms with Crippen molar-refractivity contribution in [1.29, 1.82) is 0 Å². The van der Waals surface area contributed by atoms with Crippen molar-refractivity contribution in [3.8, 4) is 0 Å². The molecular formula is C10H19NO. The van der Waals surface area contributed by atoms with Gasteiger partial charge in [0.2, 0.25) is 0 Å². The van der Waals surface area contributed by atoms with Crippen LogP contribution in [0.4, 0.5) is 0 Å². The van der Waals surface area contributed by atoms with Crippen LogP contribution in [-0.4, -0.2) is 35.7 Å². The van der Waals surface area contributed by atoms with Crippen molar-refractivity contribution in [2.24, 2.45) is 5.92 Å². The first-order chi connectivity index (χ1) is 5.79. The Labute approximate surface area is 74.6 Å². The zero-order valence-corrected chi connectivity index (χ0v) is 7.87. The lowest BCUT2D eigenvalue weighted by Gasteiger charge is -2.44. The van der Waals surface area contributed by atoms with Crippen molar-refractivity contribution in [2.75, 3.05) is 13.6 Å². The second-order valence-electron chi connectivity index (χ2n) is 4.35. The molecule has 1 heterocycles. The average molecular weight is 169 g/mol. The van der Waals surface area contributed by atoms with Gasteiger partial charge in [-0.15, -0.1) is 0 Å². The molecule has 3 atom stereocenters. The summed E-state index contributed by atoms with van der Waals surface area (Å²) in [5, 5.41) is 9.80. The maximum absolute atomic E-state index is 9.80. The van der Waals surface area contributed by atoms with E-state index >= 15 is 0 Å².